The Balaban J connectivity index is 1.35. The second-order valence-corrected chi connectivity index (χ2v) is 11.4. The summed E-state index contributed by atoms with van der Waals surface area (Å²) in [4.78, 5) is 0. The molecule has 0 aliphatic heterocycles. The highest BCUT2D eigenvalue weighted by molar-refractivity contribution is 5.45. The van der Waals surface area contributed by atoms with Crippen molar-refractivity contribution in [3.63, 3.8) is 0 Å². The predicted octanol–water partition coefficient (Wildman–Crippen LogP) is 6.73. The van der Waals surface area contributed by atoms with Crippen LogP contribution in [0.1, 0.15) is 114 Å². The molecule has 0 saturated heterocycles. The quantitative estimate of drug-likeness (QED) is 0.333. The number of aromatic hydroxyl groups is 1. The Morgan fingerprint density at radius 2 is 1.59 bits per heavy atom. The smallest absolute Gasteiger partial charge is 0.119 e. The van der Waals surface area contributed by atoms with Crippen molar-refractivity contribution in [3.05, 3.63) is 29.3 Å². The van der Waals surface area contributed by atoms with Crippen molar-refractivity contribution in [1.82, 2.24) is 0 Å². The van der Waals surface area contributed by atoms with E-state index >= 15 is 0 Å². The summed E-state index contributed by atoms with van der Waals surface area (Å²) in [5.74, 6) is 2.91. The average molecular weight is 443 g/mol. The number of rotatable bonds is 11. The van der Waals surface area contributed by atoms with E-state index in [1.165, 1.54) is 68.9 Å². The maximum atomic E-state index is 10.8. The number of hydrogen-bond donors (Lipinski definition) is 3. The van der Waals surface area contributed by atoms with Crippen LogP contribution < -0.4 is 0 Å². The standard InChI is InChI=1S/C29H46O3/c1-29-18-17-23-27(24(29)15-16-26(29)32)21(20-22-13-11-14-25(31)28(22)23)12-9-7-5-3-2-4-6-8-10-19-30/h11,13-14,21,23-24,26-27,30-32H,2-10,12,15-20H2,1H3/t21-,23+,24+,26+,27-,29+/m1/s1. The van der Waals surface area contributed by atoms with Crippen LogP contribution in [0.25, 0.3) is 0 Å². The fraction of sp³-hybridized carbons (Fsp3) is 0.793. The van der Waals surface area contributed by atoms with Gasteiger partial charge in [0, 0.05) is 12.2 Å². The fourth-order valence-corrected chi connectivity index (χ4v) is 7.84. The van der Waals surface area contributed by atoms with Crippen LogP contribution >= 0.6 is 0 Å². The topological polar surface area (TPSA) is 60.7 Å². The number of fused-ring (bicyclic) bond motifs is 5. The van der Waals surface area contributed by atoms with Crippen LogP contribution in [-0.2, 0) is 6.42 Å². The molecule has 180 valence electrons. The molecule has 0 spiro atoms. The molecular formula is C29H46O3. The van der Waals surface area contributed by atoms with E-state index in [0.29, 0.717) is 36.0 Å². The van der Waals surface area contributed by atoms with Gasteiger partial charge in [-0.25, -0.2) is 0 Å². The van der Waals surface area contributed by atoms with E-state index in [0.717, 1.165) is 38.5 Å². The molecule has 0 unspecified atom stereocenters. The van der Waals surface area contributed by atoms with Gasteiger partial charge in [-0.15, -0.1) is 0 Å². The number of benzene rings is 1. The molecule has 4 rings (SSSR count). The van der Waals surface area contributed by atoms with Crippen molar-refractivity contribution in [2.45, 2.75) is 115 Å². The third-order valence-corrected chi connectivity index (χ3v) is 9.59. The Hall–Kier alpha value is -1.06. The summed E-state index contributed by atoms with van der Waals surface area (Å²) in [6.45, 7) is 2.69. The summed E-state index contributed by atoms with van der Waals surface area (Å²) in [7, 11) is 0. The molecule has 32 heavy (non-hydrogen) atoms. The Labute approximate surface area is 195 Å². The molecule has 0 radical (unpaired) electrons. The van der Waals surface area contributed by atoms with E-state index in [4.69, 9.17) is 5.11 Å². The van der Waals surface area contributed by atoms with E-state index in [-0.39, 0.29) is 11.5 Å². The first-order valence-electron chi connectivity index (χ1n) is 13.7. The maximum Gasteiger partial charge on any atom is 0.119 e. The number of unbranched alkanes of at least 4 members (excludes halogenated alkanes) is 8. The van der Waals surface area contributed by atoms with Crippen molar-refractivity contribution in [3.8, 4) is 5.75 Å². The Kier molecular flexibility index (Phi) is 8.21. The van der Waals surface area contributed by atoms with E-state index in [2.05, 4.69) is 13.0 Å². The lowest BCUT2D eigenvalue weighted by Crippen LogP contribution is -2.47. The van der Waals surface area contributed by atoms with E-state index < -0.39 is 0 Å². The molecule has 3 heteroatoms. The highest BCUT2D eigenvalue weighted by atomic mass is 16.3. The maximum absolute atomic E-state index is 10.8. The third kappa shape index (κ3) is 4.89. The lowest BCUT2D eigenvalue weighted by Gasteiger charge is -2.53. The van der Waals surface area contributed by atoms with Crippen LogP contribution in [0, 0.1) is 23.2 Å². The Bertz CT molecular complexity index is 731. The van der Waals surface area contributed by atoms with Crippen LogP contribution in [0.4, 0.5) is 0 Å². The van der Waals surface area contributed by atoms with Crippen LogP contribution in [0.2, 0.25) is 0 Å². The summed E-state index contributed by atoms with van der Waals surface area (Å²) in [6, 6.07) is 6.17. The molecule has 3 N–H and O–H groups in total. The van der Waals surface area contributed by atoms with Gasteiger partial charge in [0.1, 0.15) is 5.75 Å². The molecule has 3 aliphatic carbocycles. The molecular weight excluding hydrogens is 396 g/mol. The van der Waals surface area contributed by atoms with Crippen molar-refractivity contribution in [2.24, 2.45) is 23.2 Å². The summed E-state index contributed by atoms with van der Waals surface area (Å²) < 4.78 is 0. The van der Waals surface area contributed by atoms with Crippen LogP contribution in [0.3, 0.4) is 0 Å². The van der Waals surface area contributed by atoms with Gasteiger partial charge >= 0.3 is 0 Å². The monoisotopic (exact) mass is 442 g/mol. The molecule has 0 heterocycles. The largest absolute Gasteiger partial charge is 0.508 e. The summed E-state index contributed by atoms with van der Waals surface area (Å²) in [6.07, 6.45) is 18.0. The number of phenolic OH excluding ortho intramolecular Hbond substituents is 1. The first kappa shape index (κ1) is 24.1. The molecule has 0 amide bonds. The second-order valence-electron chi connectivity index (χ2n) is 11.4. The Morgan fingerprint density at radius 3 is 2.31 bits per heavy atom. The molecule has 3 aliphatic rings. The van der Waals surface area contributed by atoms with E-state index in [1.807, 2.05) is 12.1 Å². The zero-order valence-electron chi connectivity index (χ0n) is 20.3. The predicted molar refractivity (Wildman–Crippen MR) is 131 cm³/mol. The third-order valence-electron chi connectivity index (χ3n) is 9.59. The molecule has 1 aromatic rings. The van der Waals surface area contributed by atoms with Gasteiger partial charge in [-0.2, -0.15) is 0 Å². The molecule has 2 fully saturated rings. The molecule has 2 saturated carbocycles. The summed E-state index contributed by atoms with van der Waals surface area (Å²) in [5.41, 5.74) is 2.72. The van der Waals surface area contributed by atoms with E-state index in [1.54, 1.807) is 0 Å². The van der Waals surface area contributed by atoms with Crippen LogP contribution in [0.5, 0.6) is 5.75 Å². The first-order valence-corrected chi connectivity index (χ1v) is 13.7. The minimum absolute atomic E-state index is 0.0807. The van der Waals surface area contributed by atoms with Crippen LogP contribution in [-0.4, -0.2) is 28.0 Å². The minimum Gasteiger partial charge on any atom is -0.508 e. The van der Waals surface area contributed by atoms with Crippen molar-refractivity contribution < 1.29 is 15.3 Å². The van der Waals surface area contributed by atoms with Gasteiger partial charge in [-0.1, -0.05) is 70.4 Å². The highest BCUT2D eigenvalue weighted by Crippen LogP contribution is 2.63. The molecule has 0 bridgehead atoms. The van der Waals surface area contributed by atoms with Gasteiger partial charge in [0.2, 0.25) is 0 Å². The highest BCUT2D eigenvalue weighted by Gasteiger charge is 2.56. The number of hydrogen-bond acceptors (Lipinski definition) is 3. The van der Waals surface area contributed by atoms with Gasteiger partial charge in [-0.3, -0.25) is 0 Å². The average Bonchev–Trinajstić information content (AvgIpc) is 3.09. The number of aliphatic hydroxyl groups is 2. The van der Waals surface area contributed by atoms with Crippen LogP contribution in [0.15, 0.2) is 18.2 Å². The lowest BCUT2D eigenvalue weighted by molar-refractivity contribution is -0.0399. The SMILES string of the molecule is C[C@]12CC[C@@H]3c4c(O)cccc4C[C@@H](CCCCCCCCCCCO)[C@H]3[C@@H]1CC[C@@H]2O. The molecule has 3 nitrogen and oxygen atoms in total. The lowest BCUT2D eigenvalue weighted by atomic mass is 9.52. The molecule has 6 atom stereocenters. The zero-order chi connectivity index (χ0) is 22.6. The number of phenols is 1. The van der Waals surface area contributed by atoms with Crippen molar-refractivity contribution in [1.29, 1.82) is 0 Å². The Morgan fingerprint density at radius 1 is 0.906 bits per heavy atom. The van der Waals surface area contributed by atoms with E-state index in [9.17, 15) is 10.2 Å². The van der Waals surface area contributed by atoms with Gasteiger partial charge in [-0.05, 0) is 85.7 Å². The normalized spacial score (nSPS) is 33.5. The first-order chi connectivity index (χ1) is 15.6. The fourth-order valence-electron chi connectivity index (χ4n) is 7.84. The van der Waals surface area contributed by atoms with Gasteiger partial charge < -0.3 is 15.3 Å². The molecule has 1 aromatic carbocycles. The summed E-state index contributed by atoms with van der Waals surface area (Å²) >= 11 is 0. The van der Waals surface area contributed by atoms with Crippen molar-refractivity contribution in [2.75, 3.05) is 6.61 Å². The van der Waals surface area contributed by atoms with Gasteiger partial charge in [0.05, 0.1) is 6.10 Å². The summed E-state index contributed by atoms with van der Waals surface area (Å²) in [5, 5.41) is 30.4. The minimum atomic E-state index is -0.141. The second kappa shape index (κ2) is 10.9. The zero-order valence-corrected chi connectivity index (χ0v) is 20.3. The van der Waals surface area contributed by atoms with Gasteiger partial charge in [0.25, 0.3) is 0 Å². The van der Waals surface area contributed by atoms with Gasteiger partial charge in [0.15, 0.2) is 0 Å². The number of aliphatic hydroxyl groups excluding tert-OH is 2. The molecule has 0 aromatic heterocycles. The van der Waals surface area contributed by atoms with Crippen molar-refractivity contribution >= 4 is 0 Å².